The second-order valence-electron chi connectivity index (χ2n) is 7.34. The van der Waals surface area contributed by atoms with Gasteiger partial charge in [-0.1, -0.05) is 0 Å². The fourth-order valence-electron chi connectivity index (χ4n) is 3.66. The van der Waals surface area contributed by atoms with Crippen LogP contribution in [0.3, 0.4) is 0 Å². The van der Waals surface area contributed by atoms with Crippen molar-refractivity contribution in [1.82, 2.24) is 14.5 Å². The number of alkyl halides is 2. The number of hydrogen-bond acceptors (Lipinski definition) is 5. The zero-order valence-corrected chi connectivity index (χ0v) is 16.1. The van der Waals surface area contributed by atoms with Crippen LogP contribution in [0, 0.1) is 5.82 Å². The third kappa shape index (κ3) is 3.65. The van der Waals surface area contributed by atoms with Gasteiger partial charge in [0.05, 0.1) is 38.8 Å². The Hall–Kier alpha value is -2.92. The summed E-state index contributed by atoms with van der Waals surface area (Å²) in [6.45, 7) is -0.488. The van der Waals surface area contributed by atoms with Gasteiger partial charge in [-0.05, 0) is 24.3 Å². The van der Waals surface area contributed by atoms with E-state index in [9.17, 15) is 22.8 Å². The SMILES string of the molecule is Cn1cncc1C(=O)N1CCOCC2(C1)CN(c1ccc(F)cc1)C(=O)C(F)(F)O2. The van der Waals surface area contributed by atoms with Gasteiger partial charge in [0.2, 0.25) is 0 Å². The Morgan fingerprint density at radius 2 is 1.93 bits per heavy atom. The highest BCUT2D eigenvalue weighted by Crippen LogP contribution is 2.37. The fraction of sp³-hybridized carbons (Fsp3) is 0.421. The van der Waals surface area contributed by atoms with Crippen LogP contribution in [0.15, 0.2) is 36.8 Å². The van der Waals surface area contributed by atoms with Gasteiger partial charge in [0.15, 0.2) is 0 Å². The van der Waals surface area contributed by atoms with E-state index in [0.29, 0.717) is 0 Å². The van der Waals surface area contributed by atoms with Gasteiger partial charge < -0.3 is 19.1 Å². The van der Waals surface area contributed by atoms with E-state index in [1.54, 1.807) is 7.05 Å². The van der Waals surface area contributed by atoms with E-state index in [-0.39, 0.29) is 44.2 Å². The highest BCUT2D eigenvalue weighted by Gasteiger charge is 2.58. The summed E-state index contributed by atoms with van der Waals surface area (Å²) in [7, 11) is 1.64. The van der Waals surface area contributed by atoms with Crippen LogP contribution < -0.4 is 4.90 Å². The number of ether oxygens (including phenoxy) is 2. The Labute approximate surface area is 169 Å². The summed E-state index contributed by atoms with van der Waals surface area (Å²) in [6.07, 6.45) is -1.30. The summed E-state index contributed by atoms with van der Waals surface area (Å²) < 4.78 is 54.4. The van der Waals surface area contributed by atoms with Crippen molar-refractivity contribution in [2.24, 2.45) is 7.05 Å². The lowest BCUT2D eigenvalue weighted by atomic mass is 10.00. The van der Waals surface area contributed by atoms with Crippen LogP contribution in [0.5, 0.6) is 0 Å². The molecule has 1 spiro atoms. The minimum atomic E-state index is -4.14. The van der Waals surface area contributed by atoms with Crippen molar-refractivity contribution in [1.29, 1.82) is 0 Å². The Morgan fingerprint density at radius 1 is 1.20 bits per heavy atom. The van der Waals surface area contributed by atoms with E-state index >= 15 is 0 Å². The van der Waals surface area contributed by atoms with E-state index in [0.717, 1.165) is 17.0 Å². The van der Waals surface area contributed by atoms with Crippen molar-refractivity contribution in [3.8, 4) is 0 Å². The summed E-state index contributed by atoms with van der Waals surface area (Å²) in [6, 6.07) is 4.62. The van der Waals surface area contributed by atoms with Gasteiger partial charge >= 0.3 is 12.0 Å². The topological polar surface area (TPSA) is 76.9 Å². The third-order valence-corrected chi connectivity index (χ3v) is 5.10. The number of rotatable bonds is 2. The number of imidazole rings is 1. The number of hydrogen-bond donors (Lipinski definition) is 0. The van der Waals surface area contributed by atoms with Gasteiger partial charge in [0, 0.05) is 19.3 Å². The van der Waals surface area contributed by atoms with Crippen molar-refractivity contribution < 1.29 is 32.2 Å². The molecule has 2 aliphatic rings. The van der Waals surface area contributed by atoms with Gasteiger partial charge in [0.25, 0.3) is 5.91 Å². The summed E-state index contributed by atoms with van der Waals surface area (Å²) in [5, 5.41) is 0. The zero-order valence-electron chi connectivity index (χ0n) is 16.1. The summed E-state index contributed by atoms with van der Waals surface area (Å²) in [5.41, 5.74) is -1.30. The van der Waals surface area contributed by atoms with Gasteiger partial charge in [-0.15, -0.1) is 0 Å². The maximum Gasteiger partial charge on any atom is 0.437 e. The van der Waals surface area contributed by atoms with Crippen LogP contribution in [-0.4, -0.2) is 70.8 Å². The second kappa shape index (κ2) is 7.40. The summed E-state index contributed by atoms with van der Waals surface area (Å²) in [5.74, 6) is -2.54. The molecule has 11 heteroatoms. The molecule has 0 aliphatic carbocycles. The van der Waals surface area contributed by atoms with Crippen LogP contribution in [0.4, 0.5) is 18.9 Å². The predicted octanol–water partition coefficient (Wildman–Crippen LogP) is 1.43. The molecule has 2 fully saturated rings. The van der Waals surface area contributed by atoms with Crippen LogP contribution >= 0.6 is 0 Å². The molecule has 30 heavy (non-hydrogen) atoms. The number of anilines is 1. The molecule has 1 aromatic carbocycles. The second-order valence-corrected chi connectivity index (χ2v) is 7.34. The number of aromatic nitrogens is 2. The first-order valence-corrected chi connectivity index (χ1v) is 9.20. The molecule has 0 saturated carbocycles. The monoisotopic (exact) mass is 424 g/mol. The number of nitrogens with zero attached hydrogens (tertiary/aromatic N) is 4. The first-order valence-electron chi connectivity index (χ1n) is 9.20. The molecular weight excluding hydrogens is 405 g/mol. The van der Waals surface area contributed by atoms with Crippen molar-refractivity contribution in [2.45, 2.75) is 11.7 Å². The summed E-state index contributed by atoms with van der Waals surface area (Å²) >= 11 is 0. The third-order valence-electron chi connectivity index (χ3n) is 5.10. The molecule has 1 aromatic heterocycles. The number of carbonyl (C=O) groups excluding carboxylic acids is 2. The first kappa shape index (κ1) is 20.4. The van der Waals surface area contributed by atoms with E-state index in [1.807, 2.05) is 0 Å². The average molecular weight is 424 g/mol. The van der Waals surface area contributed by atoms with Crippen LogP contribution in [0.2, 0.25) is 0 Å². The van der Waals surface area contributed by atoms with E-state index < -0.39 is 29.3 Å². The van der Waals surface area contributed by atoms with Crippen molar-refractivity contribution in [2.75, 3.05) is 37.7 Å². The summed E-state index contributed by atoms with van der Waals surface area (Å²) in [4.78, 5) is 31.3. The van der Waals surface area contributed by atoms with Crippen LogP contribution in [-0.2, 0) is 21.3 Å². The minimum absolute atomic E-state index is 0.0949. The van der Waals surface area contributed by atoms with Crippen LogP contribution in [0.1, 0.15) is 10.5 Å². The van der Waals surface area contributed by atoms with Crippen molar-refractivity contribution in [3.63, 3.8) is 0 Å². The molecule has 2 saturated heterocycles. The number of halogens is 3. The van der Waals surface area contributed by atoms with Gasteiger partial charge in [-0.2, -0.15) is 8.78 Å². The first-order chi connectivity index (χ1) is 14.2. The molecule has 0 N–H and O–H groups in total. The van der Waals surface area contributed by atoms with Gasteiger partial charge in [0.1, 0.15) is 17.1 Å². The Morgan fingerprint density at radius 3 is 2.60 bits per heavy atom. The molecule has 1 unspecified atom stereocenters. The minimum Gasteiger partial charge on any atom is -0.376 e. The molecule has 4 rings (SSSR count). The van der Waals surface area contributed by atoms with E-state index in [4.69, 9.17) is 9.47 Å². The van der Waals surface area contributed by atoms with Gasteiger partial charge in [-0.25, -0.2) is 9.37 Å². The lowest BCUT2D eigenvalue weighted by Gasteiger charge is -2.45. The largest absolute Gasteiger partial charge is 0.437 e. The molecule has 8 nitrogen and oxygen atoms in total. The Bertz CT molecular complexity index is 965. The Kier molecular flexibility index (Phi) is 5.02. The smallest absolute Gasteiger partial charge is 0.376 e. The molecule has 2 aromatic rings. The highest BCUT2D eigenvalue weighted by atomic mass is 19.3. The quantitative estimate of drug-likeness (QED) is 0.729. The average Bonchev–Trinajstić information content (AvgIpc) is 3.02. The number of carbonyl (C=O) groups is 2. The molecule has 0 radical (unpaired) electrons. The van der Waals surface area contributed by atoms with Crippen molar-refractivity contribution in [3.05, 3.63) is 48.3 Å². The maximum atomic E-state index is 14.6. The number of aryl methyl sites for hydroxylation is 1. The molecule has 2 amide bonds. The van der Waals surface area contributed by atoms with Gasteiger partial charge in [-0.3, -0.25) is 14.3 Å². The molecule has 0 bridgehead atoms. The van der Waals surface area contributed by atoms with E-state index in [2.05, 4.69) is 4.98 Å². The molecule has 2 aliphatic heterocycles. The zero-order chi connectivity index (χ0) is 21.5. The molecular formula is C19H19F3N4O4. The number of amides is 2. The lowest BCUT2D eigenvalue weighted by molar-refractivity contribution is -0.293. The normalized spacial score (nSPS) is 24.2. The fourth-order valence-corrected chi connectivity index (χ4v) is 3.66. The highest BCUT2D eigenvalue weighted by molar-refractivity contribution is 5.98. The van der Waals surface area contributed by atoms with Crippen molar-refractivity contribution >= 4 is 17.5 Å². The maximum absolute atomic E-state index is 14.6. The number of benzene rings is 1. The lowest BCUT2D eigenvalue weighted by Crippen LogP contribution is -2.66. The molecule has 160 valence electrons. The van der Waals surface area contributed by atoms with Crippen LogP contribution in [0.25, 0.3) is 0 Å². The molecule has 1 atom stereocenters. The molecule has 3 heterocycles. The Balaban J connectivity index is 1.66. The number of morpholine rings is 1. The standard InChI is InChI=1S/C19H19F3N4O4/c1-24-12-23-8-15(24)16(27)25-6-7-29-11-18(9-25)10-26(17(28)19(21,22)30-18)14-4-2-13(20)3-5-14/h2-5,8,12H,6-7,9-11H2,1H3. The predicted molar refractivity (Wildman–Crippen MR) is 97.4 cm³/mol. The van der Waals surface area contributed by atoms with E-state index in [1.165, 1.54) is 34.1 Å².